The zero-order valence-corrected chi connectivity index (χ0v) is 16.6. The van der Waals surface area contributed by atoms with E-state index in [0.717, 1.165) is 0 Å². The molecule has 1 aromatic carbocycles. The lowest BCUT2D eigenvalue weighted by atomic mass is 10.2. The Labute approximate surface area is 173 Å². The molecule has 0 aliphatic rings. The van der Waals surface area contributed by atoms with Gasteiger partial charge in [0.05, 0.1) is 35.9 Å². The summed E-state index contributed by atoms with van der Waals surface area (Å²) in [5.74, 6) is 0.514. The molecule has 0 saturated heterocycles. The Kier molecular flexibility index (Phi) is 6.78. The van der Waals surface area contributed by atoms with E-state index >= 15 is 0 Å². The van der Waals surface area contributed by atoms with Crippen molar-refractivity contribution in [1.82, 2.24) is 15.3 Å². The molecule has 2 aromatic heterocycles. The second-order valence-corrected chi connectivity index (χ2v) is 6.12. The number of carbonyl (C=O) groups excluding carboxylic acids is 2. The van der Waals surface area contributed by atoms with Crippen molar-refractivity contribution < 1.29 is 14.3 Å². The molecule has 0 aliphatic carbocycles. The zero-order valence-electron chi connectivity index (χ0n) is 16.6. The van der Waals surface area contributed by atoms with Gasteiger partial charge in [-0.1, -0.05) is 12.1 Å². The second kappa shape index (κ2) is 9.87. The topological polar surface area (TPSA) is 117 Å². The molecule has 0 atom stereocenters. The van der Waals surface area contributed by atoms with E-state index in [9.17, 15) is 9.59 Å². The number of hydrogen-bond acceptors (Lipinski definition) is 6. The van der Waals surface area contributed by atoms with E-state index in [1.165, 1.54) is 6.20 Å². The van der Waals surface area contributed by atoms with Gasteiger partial charge in [-0.2, -0.15) is 0 Å². The first-order valence-electron chi connectivity index (χ1n) is 9.27. The van der Waals surface area contributed by atoms with Crippen molar-refractivity contribution in [3.8, 4) is 5.75 Å². The number of methoxy groups -OCH3 is 1. The molecule has 0 aliphatic heterocycles. The fourth-order valence-corrected chi connectivity index (χ4v) is 2.66. The van der Waals surface area contributed by atoms with Crippen LogP contribution in [0, 0.1) is 0 Å². The molecule has 3 amide bonds. The first-order valence-corrected chi connectivity index (χ1v) is 9.27. The minimum Gasteiger partial charge on any atom is -0.495 e. The van der Waals surface area contributed by atoms with E-state index in [1.807, 2.05) is 25.1 Å². The predicted octanol–water partition coefficient (Wildman–Crippen LogP) is 3.62. The minimum absolute atomic E-state index is 0.284. The van der Waals surface area contributed by atoms with Crippen LogP contribution in [0.25, 0.3) is 0 Å². The van der Waals surface area contributed by atoms with E-state index in [0.29, 0.717) is 29.4 Å². The predicted molar refractivity (Wildman–Crippen MR) is 115 cm³/mol. The highest BCUT2D eigenvalue weighted by molar-refractivity contribution is 6.08. The van der Waals surface area contributed by atoms with E-state index < -0.39 is 0 Å². The molecule has 2 heterocycles. The molecule has 0 fully saturated rings. The quantitative estimate of drug-likeness (QED) is 0.476. The van der Waals surface area contributed by atoms with Crippen molar-refractivity contribution in [2.24, 2.45) is 0 Å². The first-order chi connectivity index (χ1) is 14.6. The molecule has 0 unspecified atom stereocenters. The van der Waals surface area contributed by atoms with E-state index in [2.05, 4.69) is 31.2 Å². The van der Waals surface area contributed by atoms with Gasteiger partial charge in [0.25, 0.3) is 5.91 Å². The first kappa shape index (κ1) is 20.6. The van der Waals surface area contributed by atoms with Gasteiger partial charge in [-0.15, -0.1) is 0 Å². The summed E-state index contributed by atoms with van der Waals surface area (Å²) in [5.41, 5.74) is 1.94. The Balaban J connectivity index is 1.93. The number of aromatic nitrogens is 2. The van der Waals surface area contributed by atoms with Crippen molar-refractivity contribution in [3.63, 3.8) is 0 Å². The molecule has 4 N–H and O–H groups in total. The maximum Gasteiger partial charge on any atom is 0.320 e. The number of para-hydroxylation sites is 2. The number of benzene rings is 1. The number of carbonyl (C=O) groups is 2. The number of hydrogen-bond donors (Lipinski definition) is 4. The van der Waals surface area contributed by atoms with Crippen molar-refractivity contribution in [2.75, 3.05) is 29.6 Å². The summed E-state index contributed by atoms with van der Waals surface area (Å²) in [6.07, 6.45) is 4.56. The van der Waals surface area contributed by atoms with Gasteiger partial charge in [-0.05, 0) is 31.2 Å². The fraction of sp³-hybridized carbons (Fsp3) is 0.143. The standard InChI is InChI=1S/C21H22N6O3/c1-3-23-21(29)27-19-11-17(26-16-8-4-5-9-18(16)30-2)15(13-24-19)20(28)25-14-7-6-10-22-12-14/h4-13H,3H2,1-2H3,(H,25,28)(H3,23,24,26,27,29). The highest BCUT2D eigenvalue weighted by Crippen LogP contribution is 2.30. The summed E-state index contributed by atoms with van der Waals surface area (Å²) in [6, 6.07) is 12.0. The van der Waals surface area contributed by atoms with Crippen LogP contribution in [-0.2, 0) is 0 Å². The van der Waals surface area contributed by atoms with Crippen LogP contribution >= 0.6 is 0 Å². The monoisotopic (exact) mass is 406 g/mol. The van der Waals surface area contributed by atoms with E-state index in [1.54, 1.807) is 43.8 Å². The second-order valence-electron chi connectivity index (χ2n) is 6.12. The van der Waals surface area contributed by atoms with Crippen LogP contribution < -0.4 is 26.0 Å². The Bertz CT molecular complexity index is 1030. The van der Waals surface area contributed by atoms with E-state index in [4.69, 9.17) is 4.74 Å². The van der Waals surface area contributed by atoms with Crippen LogP contribution in [0.4, 0.5) is 27.7 Å². The van der Waals surface area contributed by atoms with Gasteiger partial charge < -0.3 is 20.7 Å². The van der Waals surface area contributed by atoms with Gasteiger partial charge in [0.15, 0.2) is 0 Å². The molecule has 0 bridgehead atoms. The van der Waals surface area contributed by atoms with Crippen molar-refractivity contribution >= 4 is 34.8 Å². The van der Waals surface area contributed by atoms with Crippen LogP contribution in [0.2, 0.25) is 0 Å². The van der Waals surface area contributed by atoms with Crippen LogP contribution in [0.15, 0.2) is 61.1 Å². The summed E-state index contributed by atoms with van der Waals surface area (Å²) in [7, 11) is 1.56. The molecule has 0 saturated carbocycles. The molecule has 0 radical (unpaired) electrons. The van der Waals surface area contributed by atoms with Gasteiger partial charge in [0, 0.05) is 25.0 Å². The van der Waals surface area contributed by atoms with Gasteiger partial charge >= 0.3 is 6.03 Å². The minimum atomic E-state index is -0.388. The molecule has 30 heavy (non-hydrogen) atoms. The van der Waals surface area contributed by atoms with Crippen LogP contribution in [0.3, 0.4) is 0 Å². The number of rotatable bonds is 7. The molecule has 9 heteroatoms. The molecule has 3 rings (SSSR count). The van der Waals surface area contributed by atoms with Crippen LogP contribution in [0.1, 0.15) is 17.3 Å². The van der Waals surface area contributed by atoms with Crippen molar-refractivity contribution in [3.05, 3.63) is 66.6 Å². The number of ether oxygens (including phenoxy) is 1. The molecule has 3 aromatic rings. The fourth-order valence-electron chi connectivity index (χ4n) is 2.66. The summed E-state index contributed by atoms with van der Waals surface area (Å²) in [6.45, 7) is 2.29. The van der Waals surface area contributed by atoms with Gasteiger partial charge in [-0.25, -0.2) is 9.78 Å². The number of amides is 3. The molecule has 154 valence electrons. The summed E-state index contributed by atoms with van der Waals surface area (Å²) in [5, 5.41) is 11.2. The lowest BCUT2D eigenvalue weighted by Crippen LogP contribution is -2.28. The summed E-state index contributed by atoms with van der Waals surface area (Å²) < 4.78 is 5.37. The lowest BCUT2D eigenvalue weighted by Gasteiger charge is -2.16. The molecule has 0 spiro atoms. The Morgan fingerprint density at radius 1 is 1.03 bits per heavy atom. The average molecular weight is 406 g/mol. The maximum absolute atomic E-state index is 12.9. The zero-order chi connectivity index (χ0) is 21.3. The third kappa shape index (κ3) is 5.22. The van der Waals surface area contributed by atoms with Gasteiger partial charge in [0.2, 0.25) is 0 Å². The summed E-state index contributed by atoms with van der Waals surface area (Å²) >= 11 is 0. The van der Waals surface area contributed by atoms with Gasteiger partial charge in [0.1, 0.15) is 11.6 Å². The molecule has 9 nitrogen and oxygen atoms in total. The Hall–Kier alpha value is -4.14. The highest BCUT2D eigenvalue weighted by atomic mass is 16.5. The smallest absolute Gasteiger partial charge is 0.320 e. The SMILES string of the molecule is CCNC(=O)Nc1cc(Nc2ccccc2OC)c(C(=O)Nc2cccnc2)cn1. The van der Waals surface area contributed by atoms with E-state index in [-0.39, 0.29) is 23.3 Å². The number of nitrogens with one attached hydrogen (secondary N) is 4. The number of nitrogens with zero attached hydrogens (tertiary/aromatic N) is 2. The Morgan fingerprint density at radius 3 is 2.60 bits per heavy atom. The third-order valence-corrected chi connectivity index (χ3v) is 4.02. The maximum atomic E-state index is 12.9. The lowest BCUT2D eigenvalue weighted by molar-refractivity contribution is 0.102. The number of urea groups is 1. The number of anilines is 4. The van der Waals surface area contributed by atoms with Gasteiger partial charge in [-0.3, -0.25) is 15.1 Å². The average Bonchev–Trinajstić information content (AvgIpc) is 2.75. The normalized spacial score (nSPS) is 10.1. The highest BCUT2D eigenvalue weighted by Gasteiger charge is 2.16. The number of pyridine rings is 2. The molecular weight excluding hydrogens is 384 g/mol. The third-order valence-electron chi connectivity index (χ3n) is 4.02. The van der Waals surface area contributed by atoms with Crippen LogP contribution in [-0.4, -0.2) is 35.6 Å². The Morgan fingerprint density at radius 2 is 1.87 bits per heavy atom. The van der Waals surface area contributed by atoms with Crippen LogP contribution in [0.5, 0.6) is 5.75 Å². The van der Waals surface area contributed by atoms with Crippen molar-refractivity contribution in [1.29, 1.82) is 0 Å². The molecular formula is C21H22N6O3. The summed E-state index contributed by atoms with van der Waals surface area (Å²) in [4.78, 5) is 32.9. The largest absolute Gasteiger partial charge is 0.495 e. The van der Waals surface area contributed by atoms with Crippen molar-refractivity contribution in [2.45, 2.75) is 6.92 Å².